The van der Waals surface area contributed by atoms with Gasteiger partial charge in [0.2, 0.25) is 23.8 Å². The molecule has 19 heavy (non-hydrogen) atoms. The van der Waals surface area contributed by atoms with Crippen molar-refractivity contribution >= 4 is 23.8 Å². The number of carbonyl (C=O) groups is 1. The lowest BCUT2D eigenvalue weighted by Gasteiger charge is -2.13. The molecule has 0 bridgehead atoms. The van der Waals surface area contributed by atoms with Crippen molar-refractivity contribution in [3.63, 3.8) is 0 Å². The van der Waals surface area contributed by atoms with Gasteiger partial charge in [0.1, 0.15) is 0 Å². The maximum absolute atomic E-state index is 10.7. The van der Waals surface area contributed by atoms with Crippen molar-refractivity contribution in [3.8, 4) is 0 Å². The molecule has 0 radical (unpaired) electrons. The number of hydrogen-bond donors (Lipinski definition) is 3. The van der Waals surface area contributed by atoms with Gasteiger partial charge in [0.25, 0.3) is 0 Å². The second-order valence-electron chi connectivity index (χ2n) is 4.25. The van der Waals surface area contributed by atoms with E-state index in [1.165, 1.54) is 0 Å². The van der Waals surface area contributed by atoms with E-state index >= 15 is 0 Å². The molecule has 0 aromatic carbocycles. The minimum Gasteiger partial charge on any atom is -0.370 e. The molecule has 0 saturated heterocycles. The summed E-state index contributed by atoms with van der Waals surface area (Å²) in [5.74, 6) is 1.13. The fourth-order valence-electron chi connectivity index (χ4n) is 1.26. The first-order valence-electron chi connectivity index (χ1n) is 6.22. The van der Waals surface area contributed by atoms with E-state index in [2.05, 4.69) is 32.5 Å². The summed E-state index contributed by atoms with van der Waals surface area (Å²) < 4.78 is 0. The smallest absolute Gasteiger partial charge is 0.231 e. The van der Waals surface area contributed by atoms with Crippen molar-refractivity contribution < 1.29 is 4.79 Å². The third-order valence-corrected chi connectivity index (χ3v) is 2.21. The zero-order valence-electron chi connectivity index (χ0n) is 11.6. The molecule has 0 fully saturated rings. The van der Waals surface area contributed by atoms with E-state index < -0.39 is 0 Å². The highest BCUT2D eigenvalue weighted by Gasteiger charge is 2.07. The van der Waals surface area contributed by atoms with Crippen LogP contribution in [0, 0.1) is 0 Å². The van der Waals surface area contributed by atoms with Gasteiger partial charge in [-0.2, -0.15) is 15.0 Å². The standard InChI is InChI=1S/C11H21N7O/c1-4-6-13-9-15-10(14-7-5-8(12)19)17-11(16-9)18(2)3/h4-7H2,1-3H3,(H2,12,19)(H2,13,14,15,16,17). The Morgan fingerprint density at radius 2 is 1.74 bits per heavy atom. The van der Waals surface area contributed by atoms with Crippen LogP contribution >= 0.6 is 0 Å². The van der Waals surface area contributed by atoms with Crippen LogP contribution in [0.1, 0.15) is 19.8 Å². The van der Waals surface area contributed by atoms with E-state index in [1.807, 2.05) is 14.1 Å². The van der Waals surface area contributed by atoms with Crippen LogP contribution in [0.4, 0.5) is 17.8 Å². The molecule has 0 spiro atoms. The van der Waals surface area contributed by atoms with E-state index in [1.54, 1.807) is 4.90 Å². The summed E-state index contributed by atoms with van der Waals surface area (Å²) in [6, 6.07) is 0. The summed E-state index contributed by atoms with van der Waals surface area (Å²) in [5, 5.41) is 6.07. The van der Waals surface area contributed by atoms with Gasteiger partial charge in [-0.3, -0.25) is 4.79 Å². The summed E-state index contributed by atoms with van der Waals surface area (Å²) in [6.07, 6.45) is 1.22. The van der Waals surface area contributed by atoms with E-state index in [4.69, 9.17) is 5.73 Å². The normalized spacial score (nSPS) is 10.1. The Morgan fingerprint density at radius 1 is 1.16 bits per heavy atom. The molecule has 1 aromatic heterocycles. The number of carbonyl (C=O) groups excluding carboxylic acids is 1. The Hall–Kier alpha value is -2.12. The molecule has 8 heteroatoms. The van der Waals surface area contributed by atoms with E-state index in [0.29, 0.717) is 24.4 Å². The van der Waals surface area contributed by atoms with Gasteiger partial charge in [-0.15, -0.1) is 0 Å². The van der Waals surface area contributed by atoms with Crippen molar-refractivity contribution in [1.29, 1.82) is 0 Å². The summed E-state index contributed by atoms with van der Waals surface area (Å²) in [6.45, 7) is 3.25. The molecule has 1 heterocycles. The number of anilines is 3. The van der Waals surface area contributed by atoms with Crippen LogP contribution in [0.2, 0.25) is 0 Å². The van der Waals surface area contributed by atoms with E-state index in [-0.39, 0.29) is 12.3 Å². The van der Waals surface area contributed by atoms with Gasteiger partial charge >= 0.3 is 0 Å². The minimum absolute atomic E-state index is 0.237. The average molecular weight is 267 g/mol. The first-order valence-corrected chi connectivity index (χ1v) is 6.22. The van der Waals surface area contributed by atoms with Crippen LogP contribution in [0.15, 0.2) is 0 Å². The largest absolute Gasteiger partial charge is 0.370 e. The monoisotopic (exact) mass is 267 g/mol. The molecule has 0 aliphatic carbocycles. The Kier molecular flexibility index (Phi) is 5.77. The zero-order chi connectivity index (χ0) is 14.3. The van der Waals surface area contributed by atoms with Gasteiger partial charge in [0, 0.05) is 33.6 Å². The van der Waals surface area contributed by atoms with Crippen LogP contribution in [0.25, 0.3) is 0 Å². The number of nitrogens with one attached hydrogen (secondary N) is 2. The molecule has 1 rings (SSSR count). The lowest BCUT2D eigenvalue weighted by Crippen LogP contribution is -2.19. The van der Waals surface area contributed by atoms with Gasteiger partial charge in [0.15, 0.2) is 0 Å². The fourth-order valence-corrected chi connectivity index (χ4v) is 1.26. The van der Waals surface area contributed by atoms with Gasteiger partial charge in [0.05, 0.1) is 0 Å². The lowest BCUT2D eigenvalue weighted by molar-refractivity contribution is -0.117. The molecule has 106 valence electrons. The van der Waals surface area contributed by atoms with Crippen LogP contribution in [0.3, 0.4) is 0 Å². The lowest BCUT2D eigenvalue weighted by atomic mass is 10.4. The van der Waals surface area contributed by atoms with Crippen LogP contribution < -0.4 is 21.3 Å². The molecule has 8 nitrogen and oxygen atoms in total. The van der Waals surface area contributed by atoms with E-state index in [0.717, 1.165) is 13.0 Å². The first-order chi connectivity index (χ1) is 9.02. The minimum atomic E-state index is -0.362. The Labute approximate surface area is 112 Å². The van der Waals surface area contributed by atoms with Gasteiger partial charge in [-0.1, -0.05) is 6.92 Å². The van der Waals surface area contributed by atoms with Crippen LogP contribution in [-0.4, -0.2) is 48.0 Å². The topological polar surface area (TPSA) is 109 Å². The van der Waals surface area contributed by atoms with Crippen LogP contribution in [-0.2, 0) is 4.79 Å². The van der Waals surface area contributed by atoms with E-state index in [9.17, 15) is 4.79 Å². The summed E-state index contributed by atoms with van der Waals surface area (Å²) in [7, 11) is 3.71. The van der Waals surface area contributed by atoms with Gasteiger partial charge < -0.3 is 21.3 Å². The number of hydrogen-bond acceptors (Lipinski definition) is 7. The van der Waals surface area contributed by atoms with Crippen LogP contribution in [0.5, 0.6) is 0 Å². The molecular formula is C11H21N7O. The molecular weight excluding hydrogens is 246 g/mol. The third kappa shape index (κ3) is 5.36. The van der Waals surface area contributed by atoms with Gasteiger partial charge in [-0.05, 0) is 6.42 Å². The second-order valence-corrected chi connectivity index (χ2v) is 4.25. The molecule has 0 aliphatic rings. The number of aromatic nitrogens is 3. The van der Waals surface area contributed by atoms with Crippen molar-refractivity contribution in [3.05, 3.63) is 0 Å². The number of amides is 1. The SMILES string of the molecule is CCCNc1nc(NCCC(N)=O)nc(N(C)C)n1. The summed E-state index contributed by atoms with van der Waals surface area (Å²) in [4.78, 5) is 25.2. The van der Waals surface area contributed by atoms with Crippen molar-refractivity contribution in [2.75, 3.05) is 42.7 Å². The number of nitrogens with zero attached hydrogens (tertiary/aromatic N) is 4. The summed E-state index contributed by atoms with van der Waals surface area (Å²) in [5.41, 5.74) is 5.08. The molecule has 0 saturated carbocycles. The predicted molar refractivity (Wildman–Crippen MR) is 75.2 cm³/mol. The highest BCUT2D eigenvalue weighted by molar-refractivity contribution is 5.74. The Balaban J connectivity index is 2.77. The molecule has 1 amide bonds. The Morgan fingerprint density at radius 3 is 2.21 bits per heavy atom. The van der Waals surface area contributed by atoms with Gasteiger partial charge in [-0.25, -0.2) is 0 Å². The maximum Gasteiger partial charge on any atom is 0.231 e. The number of primary amides is 1. The fraction of sp³-hybridized carbons (Fsp3) is 0.636. The number of rotatable bonds is 8. The Bertz CT molecular complexity index is 422. The second kappa shape index (κ2) is 7.34. The molecule has 0 unspecified atom stereocenters. The number of nitrogens with two attached hydrogens (primary N) is 1. The zero-order valence-corrected chi connectivity index (χ0v) is 11.6. The highest BCUT2D eigenvalue weighted by Crippen LogP contribution is 2.11. The van der Waals surface area contributed by atoms with Crippen molar-refractivity contribution in [2.24, 2.45) is 5.73 Å². The molecule has 0 aliphatic heterocycles. The summed E-state index contributed by atoms with van der Waals surface area (Å²) >= 11 is 0. The van der Waals surface area contributed by atoms with Crippen molar-refractivity contribution in [1.82, 2.24) is 15.0 Å². The third-order valence-electron chi connectivity index (χ3n) is 2.21. The molecule has 0 atom stereocenters. The molecule has 4 N–H and O–H groups in total. The quantitative estimate of drug-likeness (QED) is 0.610. The maximum atomic E-state index is 10.7. The highest BCUT2D eigenvalue weighted by atomic mass is 16.1. The first kappa shape index (κ1) is 14.9. The average Bonchev–Trinajstić information content (AvgIpc) is 2.35. The molecule has 1 aromatic rings. The van der Waals surface area contributed by atoms with Crippen molar-refractivity contribution in [2.45, 2.75) is 19.8 Å². The predicted octanol–water partition coefficient (Wildman–Crippen LogP) is 0.0468.